The molecule has 0 spiro atoms. The molecule has 1 unspecified atom stereocenters. The van der Waals surface area contributed by atoms with Crippen molar-refractivity contribution in [2.45, 2.75) is 19.4 Å². The van der Waals surface area contributed by atoms with Crippen LogP contribution >= 0.6 is 22.9 Å². The molecule has 0 aromatic carbocycles. The molecule has 0 aliphatic carbocycles. The first-order valence-corrected chi connectivity index (χ1v) is 7.41. The molecule has 0 saturated carbocycles. The second-order valence-electron chi connectivity index (χ2n) is 4.28. The number of fused-ring (bicyclic) bond motifs is 1. The van der Waals surface area contributed by atoms with Crippen LogP contribution in [0.25, 0.3) is 4.96 Å². The van der Waals surface area contributed by atoms with Crippen molar-refractivity contribution in [3.63, 3.8) is 0 Å². The van der Waals surface area contributed by atoms with Gasteiger partial charge in [0.1, 0.15) is 5.76 Å². The van der Waals surface area contributed by atoms with Crippen LogP contribution in [0.1, 0.15) is 24.4 Å². The monoisotopic (exact) mass is 295 g/mol. The third kappa shape index (κ3) is 2.68. The quantitative estimate of drug-likeness (QED) is 0.783. The lowest BCUT2D eigenvalue weighted by Gasteiger charge is -2.13. The Morgan fingerprint density at radius 1 is 1.53 bits per heavy atom. The number of hydrogen-bond acceptors (Lipinski definition) is 4. The molecule has 0 radical (unpaired) electrons. The SMILES string of the molecule is CCNC(Cc1cn2ccsc2n1)c1ccc(Cl)o1. The number of halogens is 1. The molecule has 3 aromatic rings. The summed E-state index contributed by atoms with van der Waals surface area (Å²) in [4.78, 5) is 5.61. The van der Waals surface area contributed by atoms with E-state index in [0.29, 0.717) is 5.22 Å². The number of imidazole rings is 1. The maximum atomic E-state index is 5.84. The number of likely N-dealkylation sites (N-methyl/N-ethyl adjacent to an activating group) is 1. The normalized spacial score (nSPS) is 13.2. The van der Waals surface area contributed by atoms with Crippen LogP contribution in [0, 0.1) is 0 Å². The summed E-state index contributed by atoms with van der Waals surface area (Å²) in [6.07, 6.45) is 4.86. The van der Waals surface area contributed by atoms with E-state index in [9.17, 15) is 0 Å². The molecule has 0 amide bonds. The third-order valence-electron chi connectivity index (χ3n) is 2.94. The number of nitrogens with zero attached hydrogens (tertiary/aromatic N) is 2. The molecule has 100 valence electrons. The average molecular weight is 296 g/mol. The van der Waals surface area contributed by atoms with E-state index in [4.69, 9.17) is 16.0 Å². The van der Waals surface area contributed by atoms with Crippen LogP contribution in [0.15, 0.2) is 34.3 Å². The van der Waals surface area contributed by atoms with Gasteiger partial charge in [-0.15, -0.1) is 11.3 Å². The number of nitrogens with one attached hydrogen (secondary N) is 1. The van der Waals surface area contributed by atoms with E-state index in [0.717, 1.165) is 29.4 Å². The fraction of sp³-hybridized carbons (Fsp3) is 0.308. The van der Waals surface area contributed by atoms with Crippen molar-refractivity contribution in [2.24, 2.45) is 0 Å². The van der Waals surface area contributed by atoms with Gasteiger partial charge in [0.15, 0.2) is 10.2 Å². The van der Waals surface area contributed by atoms with Crippen molar-refractivity contribution in [1.29, 1.82) is 0 Å². The van der Waals surface area contributed by atoms with Gasteiger partial charge in [-0.25, -0.2) is 4.98 Å². The first-order valence-electron chi connectivity index (χ1n) is 6.16. The molecule has 1 atom stereocenters. The van der Waals surface area contributed by atoms with Gasteiger partial charge in [0, 0.05) is 24.2 Å². The van der Waals surface area contributed by atoms with Crippen molar-refractivity contribution in [1.82, 2.24) is 14.7 Å². The molecule has 1 N–H and O–H groups in total. The summed E-state index contributed by atoms with van der Waals surface area (Å²) in [7, 11) is 0. The minimum absolute atomic E-state index is 0.0992. The van der Waals surface area contributed by atoms with Gasteiger partial charge in [0.05, 0.1) is 11.7 Å². The zero-order valence-corrected chi connectivity index (χ0v) is 12.0. The molecule has 0 saturated heterocycles. The van der Waals surface area contributed by atoms with Crippen LogP contribution in [0.2, 0.25) is 5.22 Å². The van der Waals surface area contributed by atoms with E-state index in [1.807, 2.05) is 22.0 Å². The molecule has 0 aliphatic rings. The van der Waals surface area contributed by atoms with Gasteiger partial charge >= 0.3 is 0 Å². The highest BCUT2D eigenvalue weighted by Crippen LogP contribution is 2.23. The minimum atomic E-state index is 0.0992. The molecular weight excluding hydrogens is 282 g/mol. The summed E-state index contributed by atoms with van der Waals surface area (Å²) in [6, 6.07) is 3.78. The molecule has 3 rings (SSSR count). The van der Waals surface area contributed by atoms with E-state index in [2.05, 4.69) is 23.4 Å². The Kier molecular flexibility index (Phi) is 3.59. The van der Waals surface area contributed by atoms with Crippen LogP contribution in [-0.2, 0) is 6.42 Å². The fourth-order valence-corrected chi connectivity index (χ4v) is 2.99. The van der Waals surface area contributed by atoms with E-state index >= 15 is 0 Å². The first-order chi connectivity index (χ1) is 9.26. The Morgan fingerprint density at radius 3 is 3.11 bits per heavy atom. The van der Waals surface area contributed by atoms with Gasteiger partial charge in [-0.1, -0.05) is 6.92 Å². The highest BCUT2D eigenvalue weighted by Gasteiger charge is 2.17. The van der Waals surface area contributed by atoms with Crippen molar-refractivity contribution in [3.8, 4) is 0 Å². The second-order valence-corrected chi connectivity index (χ2v) is 5.53. The summed E-state index contributed by atoms with van der Waals surface area (Å²) in [6.45, 7) is 2.94. The summed E-state index contributed by atoms with van der Waals surface area (Å²) in [5.74, 6) is 0.850. The second kappa shape index (κ2) is 5.36. The standard InChI is InChI=1S/C13H14ClN3OS/c1-2-15-10(11-3-4-12(14)18-11)7-9-8-17-5-6-19-13(17)16-9/h3-6,8,10,15H,2,7H2,1H3. The van der Waals surface area contributed by atoms with Crippen molar-refractivity contribution in [3.05, 3.63) is 46.6 Å². The number of thiazole rings is 1. The van der Waals surface area contributed by atoms with Crippen molar-refractivity contribution < 1.29 is 4.42 Å². The predicted octanol–water partition coefficient (Wildman–Crippen LogP) is 3.54. The lowest BCUT2D eigenvalue weighted by molar-refractivity contribution is 0.415. The lowest BCUT2D eigenvalue weighted by atomic mass is 10.1. The van der Waals surface area contributed by atoms with Gasteiger partial charge < -0.3 is 9.73 Å². The Labute approximate surface area is 120 Å². The third-order valence-corrected chi connectivity index (χ3v) is 3.92. The summed E-state index contributed by atoms with van der Waals surface area (Å²) in [5, 5.41) is 5.85. The molecule has 0 bridgehead atoms. The molecule has 3 heterocycles. The van der Waals surface area contributed by atoms with Crippen molar-refractivity contribution >= 4 is 27.9 Å². The van der Waals surface area contributed by atoms with Crippen molar-refractivity contribution in [2.75, 3.05) is 6.54 Å². The Morgan fingerprint density at radius 2 is 2.42 bits per heavy atom. The van der Waals surface area contributed by atoms with Gasteiger partial charge in [-0.2, -0.15) is 0 Å². The number of hydrogen-bond donors (Lipinski definition) is 1. The Bertz CT molecular complexity index is 644. The number of rotatable bonds is 5. The first kappa shape index (κ1) is 12.7. The zero-order chi connectivity index (χ0) is 13.2. The summed E-state index contributed by atoms with van der Waals surface area (Å²) < 4.78 is 7.54. The van der Waals surface area contributed by atoms with Gasteiger partial charge in [-0.3, -0.25) is 4.40 Å². The van der Waals surface area contributed by atoms with Crippen LogP contribution in [-0.4, -0.2) is 15.9 Å². The molecular formula is C13H14ClN3OS. The molecule has 6 heteroatoms. The highest BCUT2D eigenvalue weighted by molar-refractivity contribution is 7.15. The van der Waals surface area contributed by atoms with E-state index in [-0.39, 0.29) is 6.04 Å². The Hall–Kier alpha value is -1.30. The Balaban J connectivity index is 1.82. The average Bonchev–Trinajstić information content (AvgIpc) is 3.03. The van der Waals surface area contributed by atoms with E-state index in [1.165, 1.54) is 0 Å². The highest BCUT2D eigenvalue weighted by atomic mass is 35.5. The largest absolute Gasteiger partial charge is 0.448 e. The smallest absolute Gasteiger partial charge is 0.193 e. The summed E-state index contributed by atoms with van der Waals surface area (Å²) in [5.41, 5.74) is 1.05. The molecule has 19 heavy (non-hydrogen) atoms. The van der Waals surface area contributed by atoms with Crippen LogP contribution in [0.5, 0.6) is 0 Å². The zero-order valence-electron chi connectivity index (χ0n) is 10.5. The number of furan rings is 1. The van der Waals surface area contributed by atoms with Crippen LogP contribution < -0.4 is 5.32 Å². The lowest BCUT2D eigenvalue weighted by Crippen LogP contribution is -2.22. The van der Waals surface area contributed by atoms with Gasteiger partial charge in [0.2, 0.25) is 0 Å². The van der Waals surface area contributed by atoms with Crippen LogP contribution in [0.3, 0.4) is 0 Å². The maximum absolute atomic E-state index is 5.84. The van der Waals surface area contributed by atoms with Crippen LogP contribution in [0.4, 0.5) is 0 Å². The van der Waals surface area contributed by atoms with E-state index in [1.54, 1.807) is 17.4 Å². The van der Waals surface area contributed by atoms with E-state index < -0.39 is 0 Å². The van der Waals surface area contributed by atoms with Gasteiger partial charge in [0.25, 0.3) is 0 Å². The molecule has 0 aliphatic heterocycles. The maximum Gasteiger partial charge on any atom is 0.193 e. The summed E-state index contributed by atoms with van der Waals surface area (Å²) >= 11 is 7.48. The molecule has 3 aromatic heterocycles. The number of aromatic nitrogens is 2. The molecule has 0 fully saturated rings. The minimum Gasteiger partial charge on any atom is -0.448 e. The fourth-order valence-electron chi connectivity index (χ4n) is 2.12. The topological polar surface area (TPSA) is 42.5 Å². The predicted molar refractivity (Wildman–Crippen MR) is 76.9 cm³/mol. The van der Waals surface area contributed by atoms with Gasteiger partial charge in [-0.05, 0) is 30.3 Å². The molecule has 4 nitrogen and oxygen atoms in total.